The number of nitrogens with zero attached hydrogens (tertiary/aromatic N) is 1. The molecule has 0 spiro atoms. The van der Waals surface area contributed by atoms with Crippen LogP contribution < -0.4 is 5.73 Å². The van der Waals surface area contributed by atoms with Crippen molar-refractivity contribution in [1.29, 1.82) is 0 Å². The monoisotopic (exact) mass is 616 g/mol. The van der Waals surface area contributed by atoms with Crippen LogP contribution in [0.3, 0.4) is 0 Å². The van der Waals surface area contributed by atoms with E-state index < -0.39 is 87.0 Å². The van der Waals surface area contributed by atoms with Gasteiger partial charge in [-0.2, -0.15) is 11.8 Å². The fourth-order valence-electron chi connectivity index (χ4n) is 7.07. The van der Waals surface area contributed by atoms with Crippen molar-refractivity contribution in [2.24, 2.45) is 17.6 Å². The van der Waals surface area contributed by atoms with E-state index in [4.69, 9.17) is 10.5 Å². The number of nitrogens with two attached hydrogens (primary N) is 1. The number of aliphatic hydroxyl groups excluding tert-OH is 2. The molecule has 3 aliphatic rings. The summed E-state index contributed by atoms with van der Waals surface area (Å²) in [6.07, 6.45) is 0.395. The number of hydrogen-bond donors (Lipinski definition) is 5. The molecule has 0 bridgehead atoms. The maximum absolute atomic E-state index is 14.5. The molecule has 0 saturated carbocycles. The van der Waals surface area contributed by atoms with Crippen LogP contribution in [0.25, 0.3) is 0 Å². The van der Waals surface area contributed by atoms with Crippen LogP contribution in [0.1, 0.15) is 74.0 Å². The van der Waals surface area contributed by atoms with Gasteiger partial charge in [-0.1, -0.05) is 40.7 Å². The molecule has 3 aliphatic carbocycles. The van der Waals surface area contributed by atoms with Crippen molar-refractivity contribution in [3.63, 3.8) is 0 Å². The summed E-state index contributed by atoms with van der Waals surface area (Å²) in [6, 6.07) is 0.532. The van der Waals surface area contributed by atoms with Gasteiger partial charge in [0.2, 0.25) is 5.78 Å². The molecule has 1 aromatic rings. The number of aromatic hydroxyl groups is 1. The smallest absolute Gasteiger partial charge is 0.305 e. The number of esters is 1. The molecule has 0 saturated heterocycles. The molecule has 1 aromatic carbocycles. The van der Waals surface area contributed by atoms with Gasteiger partial charge >= 0.3 is 5.97 Å². The van der Waals surface area contributed by atoms with Gasteiger partial charge in [0, 0.05) is 29.2 Å². The lowest BCUT2D eigenvalue weighted by Gasteiger charge is -2.54. The molecule has 234 valence electrons. The predicted molar refractivity (Wildman–Crippen MR) is 160 cm³/mol. The number of likely N-dealkylation sites (N-methyl/N-ethyl adjacent to an activating group) is 1. The number of carbonyl (C=O) groups excluding carboxylic acids is 4. The third-order valence-corrected chi connectivity index (χ3v) is 9.55. The van der Waals surface area contributed by atoms with E-state index in [9.17, 15) is 39.6 Å². The number of ether oxygens (including phenoxy) is 1. The van der Waals surface area contributed by atoms with Crippen LogP contribution in [0.15, 0.2) is 28.7 Å². The molecule has 4 rings (SSSR count). The van der Waals surface area contributed by atoms with Crippen LogP contribution >= 0.6 is 11.8 Å². The zero-order valence-electron chi connectivity index (χ0n) is 25.6. The standard InChI is InChI=1S/C31H40N2O9S/c1-9-15(34)42-26-17-12(2)16-13(11-43-8)10-14(30(3,4)5)23(35)18(16)24(36)19(17)27(38)31(41)21(26)22(33(6)7)25(37)20(28(31)39)29(32)40/h10,12,17,21-22,26,35,37-38,41H,9,11H2,1-8H3,(H2,32,40)/t12-,17+,21+,22-,26-,31-/m1/s1. The van der Waals surface area contributed by atoms with Gasteiger partial charge < -0.3 is 30.9 Å². The molecule has 1 amide bonds. The van der Waals surface area contributed by atoms with Crippen LogP contribution in [-0.2, 0) is 30.3 Å². The molecule has 11 nitrogen and oxygen atoms in total. The lowest BCUT2D eigenvalue weighted by molar-refractivity contribution is -0.180. The van der Waals surface area contributed by atoms with Crippen molar-refractivity contribution in [3.05, 3.63) is 51.0 Å². The third-order valence-electron chi connectivity index (χ3n) is 8.95. The first-order chi connectivity index (χ1) is 19.9. The van der Waals surface area contributed by atoms with Crippen molar-refractivity contribution >= 4 is 35.2 Å². The number of aliphatic hydroxyl groups is 3. The largest absolute Gasteiger partial charge is 0.510 e. The highest BCUT2D eigenvalue weighted by molar-refractivity contribution is 7.97. The van der Waals surface area contributed by atoms with Crippen LogP contribution in [0.2, 0.25) is 0 Å². The molecule has 6 atom stereocenters. The number of primary amides is 1. The van der Waals surface area contributed by atoms with E-state index >= 15 is 0 Å². The highest BCUT2D eigenvalue weighted by Crippen LogP contribution is 2.57. The Morgan fingerprint density at radius 3 is 2.26 bits per heavy atom. The third kappa shape index (κ3) is 4.65. The predicted octanol–water partition coefficient (Wildman–Crippen LogP) is 2.77. The number of Topliss-reactive ketones (excluding diaryl/α,β-unsaturated/α-hetero) is 2. The minimum absolute atomic E-state index is 0.0645. The Hall–Kier alpha value is -3.35. The van der Waals surface area contributed by atoms with E-state index in [1.165, 1.54) is 30.8 Å². The van der Waals surface area contributed by atoms with Gasteiger partial charge in [0.05, 0.1) is 17.5 Å². The van der Waals surface area contributed by atoms with E-state index in [0.717, 1.165) is 5.56 Å². The van der Waals surface area contributed by atoms with Crippen molar-refractivity contribution in [3.8, 4) is 5.75 Å². The summed E-state index contributed by atoms with van der Waals surface area (Å²) < 4.78 is 5.91. The number of amides is 1. The lowest BCUT2D eigenvalue weighted by atomic mass is 9.54. The number of fused-ring (bicyclic) bond motifs is 3. The van der Waals surface area contributed by atoms with Gasteiger partial charge in [0.1, 0.15) is 28.9 Å². The summed E-state index contributed by atoms with van der Waals surface area (Å²) in [6.45, 7) is 8.97. The number of carbonyl (C=O) groups is 4. The summed E-state index contributed by atoms with van der Waals surface area (Å²) in [7, 11) is 3.02. The average molecular weight is 617 g/mol. The number of thioether (sulfide) groups is 1. The molecule has 0 heterocycles. The zero-order chi connectivity index (χ0) is 32.5. The second kappa shape index (κ2) is 11.0. The van der Waals surface area contributed by atoms with Crippen molar-refractivity contribution in [2.45, 2.75) is 75.9 Å². The molecule has 0 radical (unpaired) electrons. The van der Waals surface area contributed by atoms with Gasteiger partial charge in [-0.15, -0.1) is 0 Å². The number of phenols is 1. The Morgan fingerprint density at radius 1 is 1.16 bits per heavy atom. The molecule has 0 unspecified atom stereocenters. The number of benzene rings is 1. The molecule has 6 N–H and O–H groups in total. The Morgan fingerprint density at radius 2 is 1.77 bits per heavy atom. The van der Waals surface area contributed by atoms with Gasteiger partial charge in [-0.3, -0.25) is 24.1 Å². The Balaban J connectivity index is 2.16. The minimum Gasteiger partial charge on any atom is -0.510 e. The van der Waals surface area contributed by atoms with E-state index in [2.05, 4.69) is 0 Å². The van der Waals surface area contributed by atoms with Crippen LogP contribution in [0, 0.1) is 11.8 Å². The topological polar surface area (TPSA) is 188 Å². The molecule has 0 fully saturated rings. The maximum Gasteiger partial charge on any atom is 0.305 e. The van der Waals surface area contributed by atoms with Gasteiger partial charge in [0.15, 0.2) is 11.4 Å². The van der Waals surface area contributed by atoms with E-state index in [1.54, 1.807) is 13.8 Å². The highest BCUT2D eigenvalue weighted by Gasteiger charge is 2.68. The van der Waals surface area contributed by atoms with Gasteiger partial charge in [-0.05, 0) is 42.8 Å². The Labute approximate surface area is 254 Å². The van der Waals surface area contributed by atoms with Gasteiger partial charge in [0.25, 0.3) is 5.91 Å². The van der Waals surface area contributed by atoms with Crippen LogP contribution in [-0.4, -0.2) is 86.9 Å². The Bertz CT molecular complexity index is 1490. The van der Waals surface area contributed by atoms with E-state index in [-0.39, 0.29) is 17.7 Å². The second-order valence-electron chi connectivity index (χ2n) is 12.8. The fourth-order valence-corrected chi connectivity index (χ4v) is 7.62. The SMILES string of the molecule is CCC(=O)O[C@@H]1[C@@H]2C(=C(O)[C@@]3(O)C(=O)C(C(N)=O)=C(O)[C@H](N(C)C)[C@@H]13)C(=O)c1c(O)c(C(C)(C)C)cc(CSC)c1[C@H]2C. The van der Waals surface area contributed by atoms with E-state index in [0.29, 0.717) is 16.9 Å². The van der Waals surface area contributed by atoms with Crippen molar-refractivity contribution in [1.82, 2.24) is 4.90 Å². The number of phenolic OH excluding ortho intramolecular Hbond substituents is 1. The molecular weight excluding hydrogens is 576 g/mol. The van der Waals surface area contributed by atoms with Crippen LogP contribution in [0.4, 0.5) is 0 Å². The zero-order valence-corrected chi connectivity index (χ0v) is 26.5. The summed E-state index contributed by atoms with van der Waals surface area (Å²) >= 11 is 1.51. The summed E-state index contributed by atoms with van der Waals surface area (Å²) in [5, 5.41) is 46.7. The quantitative estimate of drug-likeness (QED) is 0.234. The second-order valence-corrected chi connectivity index (χ2v) is 13.6. The molecule has 12 heteroatoms. The summed E-state index contributed by atoms with van der Waals surface area (Å²) in [5.74, 6) is -9.15. The minimum atomic E-state index is -2.97. The number of hydrogen-bond acceptors (Lipinski definition) is 11. The first-order valence-electron chi connectivity index (χ1n) is 14.1. The Kier molecular flexibility index (Phi) is 8.31. The van der Waals surface area contributed by atoms with Crippen LogP contribution in [0.5, 0.6) is 5.75 Å². The first kappa shape index (κ1) is 32.6. The first-order valence-corrected chi connectivity index (χ1v) is 15.5. The molecule has 43 heavy (non-hydrogen) atoms. The van der Waals surface area contributed by atoms with Crippen molar-refractivity contribution < 1.29 is 44.3 Å². The molecular formula is C31H40N2O9S. The van der Waals surface area contributed by atoms with Gasteiger partial charge in [-0.25, -0.2) is 0 Å². The lowest BCUT2D eigenvalue weighted by Crippen LogP contribution is -2.69. The molecule has 0 aliphatic heterocycles. The maximum atomic E-state index is 14.5. The number of ketones is 2. The fraction of sp³-hybridized carbons (Fsp3) is 0.548. The number of rotatable bonds is 6. The molecule has 0 aromatic heterocycles. The highest BCUT2D eigenvalue weighted by atomic mass is 32.2. The normalized spacial score (nSPS) is 28.9. The van der Waals surface area contributed by atoms with E-state index in [1.807, 2.05) is 33.1 Å². The van der Waals surface area contributed by atoms with Crippen molar-refractivity contribution in [2.75, 3.05) is 20.4 Å². The average Bonchev–Trinajstić information content (AvgIpc) is 2.90. The summed E-state index contributed by atoms with van der Waals surface area (Å²) in [5.41, 5.74) is 2.29. The summed E-state index contributed by atoms with van der Waals surface area (Å²) in [4.78, 5) is 55.0.